The smallest absolute Gasteiger partial charge is 0.293 e. The highest BCUT2D eigenvalue weighted by Gasteiger charge is 2.27. The number of rotatable bonds is 8. The number of nitrogens with one attached hydrogen (secondary N) is 1. The minimum atomic E-state index is -0.626. The van der Waals surface area contributed by atoms with Crippen LogP contribution in [0.15, 0.2) is 53.9 Å². The van der Waals surface area contributed by atoms with Crippen LogP contribution in [0.4, 0.5) is 11.4 Å². The van der Waals surface area contributed by atoms with Gasteiger partial charge in [0.15, 0.2) is 0 Å². The first kappa shape index (κ1) is 21.6. The molecule has 0 bridgehead atoms. The number of hydrogen-bond acceptors (Lipinski definition) is 6. The molecule has 7 nitrogen and oxygen atoms in total. The van der Waals surface area contributed by atoms with E-state index in [0.29, 0.717) is 6.54 Å². The molecule has 0 saturated heterocycles. The summed E-state index contributed by atoms with van der Waals surface area (Å²) in [6.45, 7) is 4.32. The van der Waals surface area contributed by atoms with Gasteiger partial charge in [0.1, 0.15) is 11.7 Å². The molecule has 0 aliphatic rings. The van der Waals surface area contributed by atoms with Crippen molar-refractivity contribution < 1.29 is 9.72 Å². The van der Waals surface area contributed by atoms with Gasteiger partial charge in [-0.3, -0.25) is 19.8 Å². The fourth-order valence-corrected chi connectivity index (χ4v) is 4.01. The number of nitro groups is 1. The van der Waals surface area contributed by atoms with Crippen LogP contribution >= 0.6 is 11.3 Å². The van der Waals surface area contributed by atoms with Crippen molar-refractivity contribution in [3.8, 4) is 0 Å². The largest absolute Gasteiger partial charge is 0.319 e. The van der Waals surface area contributed by atoms with Crippen LogP contribution in [-0.4, -0.2) is 27.8 Å². The lowest BCUT2D eigenvalue weighted by molar-refractivity contribution is -0.384. The Hall–Kier alpha value is -3.10. The van der Waals surface area contributed by atoms with E-state index >= 15 is 0 Å². The second-order valence-corrected chi connectivity index (χ2v) is 8.02. The number of nitro benzene ring substituents is 1. The summed E-state index contributed by atoms with van der Waals surface area (Å²) in [6.07, 6.45) is 0.869. The number of hydrogen-bond donors (Lipinski definition) is 1. The van der Waals surface area contributed by atoms with Gasteiger partial charge < -0.3 is 5.32 Å². The zero-order valence-corrected chi connectivity index (χ0v) is 18.0. The second kappa shape index (κ2) is 9.60. The van der Waals surface area contributed by atoms with Crippen LogP contribution < -0.4 is 5.32 Å². The number of carbonyl (C=O) groups is 1. The molecule has 8 heteroatoms. The number of nitrogens with zero attached hydrogens (tertiary/aromatic N) is 3. The van der Waals surface area contributed by atoms with Crippen LogP contribution in [0.2, 0.25) is 0 Å². The average molecular weight is 425 g/mol. The summed E-state index contributed by atoms with van der Waals surface area (Å²) in [6, 6.07) is 13.5. The van der Waals surface area contributed by atoms with Gasteiger partial charge in [-0.2, -0.15) is 0 Å². The van der Waals surface area contributed by atoms with Gasteiger partial charge in [-0.15, -0.1) is 11.3 Å². The van der Waals surface area contributed by atoms with Crippen molar-refractivity contribution in [1.82, 2.24) is 9.88 Å². The molecule has 3 rings (SSSR count). The Morgan fingerprint density at radius 3 is 2.63 bits per heavy atom. The number of benzene rings is 2. The molecule has 0 aliphatic heterocycles. The van der Waals surface area contributed by atoms with E-state index in [9.17, 15) is 14.9 Å². The number of amides is 1. The molecule has 1 heterocycles. The predicted octanol–water partition coefficient (Wildman–Crippen LogP) is 4.73. The molecule has 0 spiro atoms. The van der Waals surface area contributed by atoms with Crippen LogP contribution in [-0.2, 0) is 17.8 Å². The summed E-state index contributed by atoms with van der Waals surface area (Å²) in [4.78, 5) is 30.7. The van der Waals surface area contributed by atoms with Crippen molar-refractivity contribution in [2.75, 3.05) is 12.4 Å². The van der Waals surface area contributed by atoms with Gasteiger partial charge in [0.2, 0.25) is 5.91 Å². The first-order valence-corrected chi connectivity index (χ1v) is 10.5. The molecule has 1 N–H and O–H groups in total. The zero-order chi connectivity index (χ0) is 21.7. The number of aryl methyl sites for hydroxylation is 2. The molecule has 30 heavy (non-hydrogen) atoms. The van der Waals surface area contributed by atoms with Gasteiger partial charge >= 0.3 is 0 Å². The van der Waals surface area contributed by atoms with Crippen molar-refractivity contribution in [3.05, 3.63) is 85.9 Å². The molecule has 1 aromatic heterocycles. The normalized spacial score (nSPS) is 12.0. The van der Waals surface area contributed by atoms with Crippen LogP contribution in [0.1, 0.15) is 34.8 Å². The summed E-state index contributed by atoms with van der Waals surface area (Å²) >= 11 is 1.60. The van der Waals surface area contributed by atoms with E-state index < -0.39 is 11.0 Å². The number of carbonyl (C=O) groups excluding carboxylic acids is 1. The van der Waals surface area contributed by atoms with Crippen LogP contribution in [0.25, 0.3) is 0 Å². The highest BCUT2D eigenvalue weighted by molar-refractivity contribution is 7.09. The maximum atomic E-state index is 13.3. The van der Waals surface area contributed by atoms with Gasteiger partial charge in [-0.1, -0.05) is 43.3 Å². The zero-order valence-electron chi connectivity index (χ0n) is 17.2. The Balaban J connectivity index is 1.89. The fraction of sp³-hybridized carbons (Fsp3) is 0.273. The van der Waals surface area contributed by atoms with Gasteiger partial charge in [0.05, 0.1) is 15.6 Å². The molecule has 0 radical (unpaired) electrons. The Morgan fingerprint density at radius 2 is 2.00 bits per heavy atom. The molecule has 1 amide bonds. The van der Waals surface area contributed by atoms with Gasteiger partial charge in [0, 0.05) is 18.0 Å². The van der Waals surface area contributed by atoms with E-state index in [2.05, 4.69) is 17.2 Å². The van der Waals surface area contributed by atoms with Crippen LogP contribution in [0, 0.1) is 17.0 Å². The van der Waals surface area contributed by atoms with Crippen LogP contribution in [0.3, 0.4) is 0 Å². The van der Waals surface area contributed by atoms with E-state index in [4.69, 9.17) is 0 Å². The highest BCUT2D eigenvalue weighted by Crippen LogP contribution is 2.29. The van der Waals surface area contributed by atoms with E-state index in [-0.39, 0.29) is 17.3 Å². The quantitative estimate of drug-likeness (QED) is 0.417. The monoisotopic (exact) mass is 424 g/mol. The third-order valence-corrected chi connectivity index (χ3v) is 5.77. The first-order chi connectivity index (χ1) is 14.4. The average Bonchev–Trinajstić information content (AvgIpc) is 3.17. The van der Waals surface area contributed by atoms with Gasteiger partial charge in [0.25, 0.3) is 5.69 Å². The maximum absolute atomic E-state index is 13.3. The molecule has 0 fully saturated rings. The van der Waals surface area contributed by atoms with E-state index in [0.717, 1.165) is 28.2 Å². The molecule has 3 aromatic rings. The van der Waals surface area contributed by atoms with Crippen LogP contribution in [0.5, 0.6) is 0 Å². The maximum Gasteiger partial charge on any atom is 0.293 e. The summed E-state index contributed by atoms with van der Waals surface area (Å²) in [5.41, 5.74) is 2.52. The Kier molecular flexibility index (Phi) is 6.91. The van der Waals surface area contributed by atoms with E-state index in [1.807, 2.05) is 47.7 Å². The number of aromatic nitrogens is 1. The Labute approximate surface area is 179 Å². The predicted molar refractivity (Wildman–Crippen MR) is 119 cm³/mol. The third kappa shape index (κ3) is 5.08. The Morgan fingerprint density at radius 1 is 1.27 bits per heavy atom. The van der Waals surface area contributed by atoms with E-state index in [1.54, 1.807) is 30.4 Å². The van der Waals surface area contributed by atoms with Crippen molar-refractivity contribution in [3.63, 3.8) is 0 Å². The molecule has 156 valence electrons. The van der Waals surface area contributed by atoms with Crippen molar-refractivity contribution in [2.24, 2.45) is 0 Å². The van der Waals surface area contributed by atoms with Crippen molar-refractivity contribution >= 4 is 28.6 Å². The topological polar surface area (TPSA) is 88.4 Å². The SMILES string of the molecule is CCc1nc(CN(C)C(C(=O)Nc2ccc(C)cc2[N+](=O)[O-])c2ccccc2)cs1. The highest BCUT2D eigenvalue weighted by atomic mass is 32.1. The summed E-state index contributed by atoms with van der Waals surface area (Å²) in [5.74, 6) is -0.332. The number of anilines is 1. The minimum Gasteiger partial charge on any atom is -0.319 e. The fourth-order valence-electron chi connectivity index (χ4n) is 3.27. The third-order valence-electron chi connectivity index (χ3n) is 4.73. The lowest BCUT2D eigenvalue weighted by Gasteiger charge is -2.27. The van der Waals surface area contributed by atoms with Gasteiger partial charge in [-0.05, 0) is 37.6 Å². The second-order valence-electron chi connectivity index (χ2n) is 7.08. The van der Waals surface area contributed by atoms with E-state index in [1.165, 1.54) is 6.07 Å². The van der Waals surface area contributed by atoms with Crippen molar-refractivity contribution in [1.29, 1.82) is 0 Å². The molecular weight excluding hydrogens is 400 g/mol. The lowest BCUT2D eigenvalue weighted by Crippen LogP contribution is -2.34. The Bertz CT molecular complexity index is 1040. The molecule has 0 aliphatic carbocycles. The molecule has 2 aromatic carbocycles. The molecule has 0 saturated carbocycles. The lowest BCUT2D eigenvalue weighted by atomic mass is 10.0. The molecule has 1 atom stereocenters. The van der Waals surface area contributed by atoms with Gasteiger partial charge in [-0.25, -0.2) is 4.98 Å². The van der Waals surface area contributed by atoms with Crippen molar-refractivity contribution in [2.45, 2.75) is 32.9 Å². The number of thiazole rings is 1. The minimum absolute atomic E-state index is 0.120. The summed E-state index contributed by atoms with van der Waals surface area (Å²) < 4.78 is 0. The standard InChI is InChI=1S/C22H24N4O3S/c1-4-20-23-17(14-30-20)13-25(3)21(16-8-6-5-7-9-16)22(27)24-18-11-10-15(2)12-19(18)26(28)29/h5-12,14,21H,4,13H2,1-3H3,(H,24,27). The number of likely N-dealkylation sites (N-methyl/N-ethyl adjacent to an activating group) is 1. The summed E-state index contributed by atoms with van der Waals surface area (Å²) in [7, 11) is 1.85. The molecular formula is C22H24N4O3S. The summed E-state index contributed by atoms with van der Waals surface area (Å²) in [5, 5.41) is 17.2. The molecule has 1 unspecified atom stereocenters. The first-order valence-electron chi connectivity index (χ1n) is 9.63.